The molecular formula is C28H25NO8. The lowest BCUT2D eigenvalue weighted by molar-refractivity contribution is -0.122. The van der Waals surface area contributed by atoms with Crippen LogP contribution in [0.3, 0.4) is 0 Å². The summed E-state index contributed by atoms with van der Waals surface area (Å²) in [4.78, 5) is 26.9. The van der Waals surface area contributed by atoms with Crippen LogP contribution < -0.4 is 34.6 Å². The molecule has 0 bridgehead atoms. The molecule has 2 heterocycles. The average Bonchev–Trinajstić information content (AvgIpc) is 3.34. The van der Waals surface area contributed by atoms with Gasteiger partial charge >= 0.3 is 5.63 Å². The van der Waals surface area contributed by atoms with E-state index in [1.165, 1.54) is 21.3 Å². The van der Waals surface area contributed by atoms with Crippen LogP contribution in [0.15, 0.2) is 69.9 Å². The van der Waals surface area contributed by atoms with Crippen molar-refractivity contribution in [3.8, 4) is 28.7 Å². The van der Waals surface area contributed by atoms with Crippen LogP contribution in [0.1, 0.15) is 17.0 Å². The van der Waals surface area contributed by atoms with Crippen LogP contribution in [0.4, 0.5) is 5.69 Å². The quantitative estimate of drug-likeness (QED) is 0.371. The SMILES string of the molecule is COc1ccc(NC(=O)[C@@H]2Oc3c(c(=O)oc4ccccc34)[C@@H]2c2cc(OC)c(OC)cc2OC)cc1. The normalized spacial score (nSPS) is 16.0. The standard InChI is InChI=1S/C28H25NO8/c1-32-16-11-9-15(10-12-16)29-27(30)26-23(18-13-21(34-3)22(35-4)14-20(18)33-2)24-25(37-26)17-7-5-6-8-19(17)36-28(24)31/h5-14,23,26H,1-4H3,(H,29,30)/t23-,26+/m0/s1. The first-order valence-electron chi connectivity index (χ1n) is 11.5. The maximum atomic E-state index is 13.6. The number of fused-ring (bicyclic) bond motifs is 3. The Kier molecular flexibility index (Phi) is 6.35. The van der Waals surface area contributed by atoms with Gasteiger partial charge in [-0.1, -0.05) is 12.1 Å². The lowest BCUT2D eigenvalue weighted by Crippen LogP contribution is -2.35. The van der Waals surface area contributed by atoms with Gasteiger partial charge in [-0.25, -0.2) is 4.79 Å². The monoisotopic (exact) mass is 503 g/mol. The predicted molar refractivity (Wildman–Crippen MR) is 136 cm³/mol. The Labute approximate surface area is 212 Å². The second kappa shape index (κ2) is 9.77. The molecule has 0 unspecified atom stereocenters. The van der Waals surface area contributed by atoms with Crippen molar-refractivity contribution in [3.05, 3.63) is 82.2 Å². The molecule has 1 N–H and O–H groups in total. The third-order valence-corrected chi connectivity index (χ3v) is 6.34. The first-order chi connectivity index (χ1) is 18.0. The zero-order valence-corrected chi connectivity index (χ0v) is 20.7. The number of hydrogen-bond acceptors (Lipinski definition) is 8. The van der Waals surface area contributed by atoms with Gasteiger partial charge in [-0.2, -0.15) is 0 Å². The molecule has 3 aromatic carbocycles. The second-order valence-corrected chi connectivity index (χ2v) is 8.31. The number of nitrogens with one attached hydrogen (secondary N) is 1. The Morgan fingerprint density at radius 3 is 2.19 bits per heavy atom. The topological polar surface area (TPSA) is 105 Å². The average molecular weight is 504 g/mol. The van der Waals surface area contributed by atoms with Crippen LogP contribution >= 0.6 is 0 Å². The molecule has 1 aromatic heterocycles. The molecular weight excluding hydrogens is 478 g/mol. The Morgan fingerprint density at radius 2 is 1.51 bits per heavy atom. The number of benzene rings is 3. The summed E-state index contributed by atoms with van der Waals surface area (Å²) in [5.74, 6) is 0.880. The highest BCUT2D eigenvalue weighted by Gasteiger charge is 2.46. The fourth-order valence-electron chi connectivity index (χ4n) is 4.58. The van der Waals surface area contributed by atoms with Gasteiger partial charge in [-0.05, 0) is 42.5 Å². The highest BCUT2D eigenvalue weighted by molar-refractivity contribution is 5.98. The number of rotatable bonds is 7. The lowest BCUT2D eigenvalue weighted by Gasteiger charge is -2.22. The minimum atomic E-state index is -1.11. The van der Waals surface area contributed by atoms with Gasteiger partial charge < -0.3 is 33.4 Å². The minimum absolute atomic E-state index is 0.221. The van der Waals surface area contributed by atoms with Crippen molar-refractivity contribution in [1.82, 2.24) is 0 Å². The van der Waals surface area contributed by atoms with Crippen molar-refractivity contribution >= 4 is 22.6 Å². The summed E-state index contributed by atoms with van der Waals surface area (Å²) in [5.41, 5.74) is 1.03. The van der Waals surface area contributed by atoms with Crippen molar-refractivity contribution in [2.75, 3.05) is 33.8 Å². The summed E-state index contributed by atoms with van der Waals surface area (Å²) in [6.45, 7) is 0. The summed E-state index contributed by atoms with van der Waals surface area (Å²) in [5, 5.41) is 3.46. The summed E-state index contributed by atoms with van der Waals surface area (Å²) < 4.78 is 33.6. The van der Waals surface area contributed by atoms with Crippen molar-refractivity contribution < 1.29 is 32.9 Å². The number of anilines is 1. The van der Waals surface area contributed by atoms with Crippen LogP contribution in [0.2, 0.25) is 0 Å². The van der Waals surface area contributed by atoms with Crippen LogP contribution in [0.5, 0.6) is 28.7 Å². The third kappa shape index (κ3) is 4.18. The van der Waals surface area contributed by atoms with Crippen LogP contribution in [-0.4, -0.2) is 40.5 Å². The second-order valence-electron chi connectivity index (χ2n) is 8.31. The molecule has 9 heteroatoms. The fourth-order valence-corrected chi connectivity index (χ4v) is 4.58. The fraction of sp³-hybridized carbons (Fsp3) is 0.214. The molecule has 1 aliphatic rings. The molecule has 9 nitrogen and oxygen atoms in total. The Bertz CT molecular complexity index is 1530. The largest absolute Gasteiger partial charge is 0.497 e. The maximum Gasteiger partial charge on any atom is 0.344 e. The van der Waals surface area contributed by atoms with Gasteiger partial charge in [0.1, 0.15) is 22.8 Å². The van der Waals surface area contributed by atoms with E-state index in [9.17, 15) is 9.59 Å². The maximum absolute atomic E-state index is 13.6. The smallest absolute Gasteiger partial charge is 0.344 e. The van der Waals surface area contributed by atoms with E-state index < -0.39 is 23.6 Å². The molecule has 4 aromatic rings. The van der Waals surface area contributed by atoms with Crippen LogP contribution in [0, 0.1) is 0 Å². The van der Waals surface area contributed by atoms with Gasteiger partial charge in [0.25, 0.3) is 5.91 Å². The predicted octanol–water partition coefficient (Wildman–Crippen LogP) is 4.36. The first-order valence-corrected chi connectivity index (χ1v) is 11.5. The van der Waals surface area contributed by atoms with E-state index in [-0.39, 0.29) is 5.56 Å². The number of ether oxygens (including phenoxy) is 5. The van der Waals surface area contributed by atoms with E-state index in [1.807, 2.05) is 6.07 Å². The van der Waals surface area contributed by atoms with E-state index in [4.69, 9.17) is 28.1 Å². The number of carbonyl (C=O) groups excluding carboxylic acids is 1. The van der Waals surface area contributed by atoms with Gasteiger partial charge in [0.05, 0.1) is 45.3 Å². The third-order valence-electron chi connectivity index (χ3n) is 6.34. The zero-order valence-electron chi connectivity index (χ0n) is 20.7. The molecule has 190 valence electrons. The van der Waals surface area contributed by atoms with Crippen molar-refractivity contribution in [2.24, 2.45) is 0 Å². The van der Waals surface area contributed by atoms with E-state index in [0.717, 1.165) is 0 Å². The van der Waals surface area contributed by atoms with Crippen LogP contribution in [0.25, 0.3) is 11.0 Å². The number of amides is 1. The molecule has 0 saturated carbocycles. The molecule has 0 fully saturated rings. The van der Waals surface area contributed by atoms with Gasteiger partial charge in [-0.15, -0.1) is 0 Å². The summed E-state index contributed by atoms with van der Waals surface area (Å²) in [7, 11) is 6.07. The Balaban J connectivity index is 1.67. The number of para-hydroxylation sites is 1. The van der Waals surface area contributed by atoms with Gasteiger partial charge in [-0.3, -0.25) is 4.79 Å². The summed E-state index contributed by atoms with van der Waals surface area (Å²) in [6.07, 6.45) is -1.11. The lowest BCUT2D eigenvalue weighted by atomic mass is 9.87. The van der Waals surface area contributed by atoms with E-state index in [2.05, 4.69) is 5.32 Å². The number of hydrogen-bond donors (Lipinski definition) is 1. The molecule has 0 spiro atoms. The highest BCUT2D eigenvalue weighted by atomic mass is 16.5. The highest BCUT2D eigenvalue weighted by Crippen LogP contribution is 2.49. The van der Waals surface area contributed by atoms with Crippen LogP contribution in [-0.2, 0) is 4.79 Å². The Hall–Kier alpha value is -4.66. The number of carbonyl (C=O) groups is 1. The minimum Gasteiger partial charge on any atom is -0.497 e. The van der Waals surface area contributed by atoms with Crippen molar-refractivity contribution in [1.29, 1.82) is 0 Å². The van der Waals surface area contributed by atoms with E-state index >= 15 is 0 Å². The van der Waals surface area contributed by atoms with Gasteiger partial charge in [0.15, 0.2) is 17.6 Å². The molecule has 37 heavy (non-hydrogen) atoms. The number of methoxy groups -OCH3 is 4. The summed E-state index contributed by atoms with van der Waals surface area (Å²) in [6, 6.07) is 17.3. The van der Waals surface area contributed by atoms with Crippen molar-refractivity contribution in [3.63, 3.8) is 0 Å². The van der Waals surface area contributed by atoms with Gasteiger partial charge in [0, 0.05) is 17.3 Å². The molecule has 0 saturated heterocycles. The molecule has 5 rings (SSSR count). The van der Waals surface area contributed by atoms with E-state index in [1.54, 1.807) is 61.7 Å². The van der Waals surface area contributed by atoms with Crippen molar-refractivity contribution in [2.45, 2.75) is 12.0 Å². The first kappa shape index (κ1) is 24.1. The molecule has 0 aliphatic carbocycles. The van der Waals surface area contributed by atoms with E-state index in [0.29, 0.717) is 51.0 Å². The molecule has 0 radical (unpaired) electrons. The molecule has 1 aliphatic heterocycles. The molecule has 1 amide bonds. The summed E-state index contributed by atoms with van der Waals surface area (Å²) >= 11 is 0. The molecule has 2 atom stereocenters. The van der Waals surface area contributed by atoms with Gasteiger partial charge in [0.2, 0.25) is 0 Å². The Morgan fingerprint density at radius 1 is 0.838 bits per heavy atom. The zero-order chi connectivity index (χ0) is 26.1.